The van der Waals surface area contributed by atoms with Crippen LogP contribution in [0.5, 0.6) is 11.5 Å². The molecule has 6 nitrogen and oxygen atoms in total. The van der Waals surface area contributed by atoms with Crippen molar-refractivity contribution in [1.29, 1.82) is 0 Å². The number of carbonyl (C=O) groups excluding carboxylic acids is 1. The first kappa shape index (κ1) is 20.2. The van der Waals surface area contributed by atoms with Crippen LogP contribution in [0.2, 0.25) is 0 Å². The lowest BCUT2D eigenvalue weighted by atomic mass is 10.0. The summed E-state index contributed by atoms with van der Waals surface area (Å²) in [5, 5.41) is 6.18. The lowest BCUT2D eigenvalue weighted by Crippen LogP contribution is -2.14. The van der Waals surface area contributed by atoms with E-state index in [0.29, 0.717) is 34.5 Å². The largest absolute Gasteiger partial charge is 0.496 e. The predicted molar refractivity (Wildman–Crippen MR) is 116 cm³/mol. The zero-order chi connectivity index (χ0) is 20.8. The summed E-state index contributed by atoms with van der Waals surface area (Å²) in [5.74, 6) is 1.66. The van der Waals surface area contributed by atoms with Gasteiger partial charge in [0, 0.05) is 5.69 Å². The molecule has 1 heterocycles. The molecule has 0 radical (unpaired) electrons. The second kappa shape index (κ2) is 9.10. The number of pyridine rings is 1. The van der Waals surface area contributed by atoms with Crippen molar-refractivity contribution < 1.29 is 14.3 Å². The van der Waals surface area contributed by atoms with Gasteiger partial charge in [-0.15, -0.1) is 0 Å². The lowest BCUT2D eigenvalue weighted by molar-refractivity contribution is 0.102. The zero-order valence-corrected chi connectivity index (χ0v) is 17.0. The number of methoxy groups -OCH3 is 2. The fraction of sp³-hybridized carbons (Fsp3) is 0.217. The molecule has 0 aliphatic heterocycles. The molecule has 29 heavy (non-hydrogen) atoms. The molecule has 0 fully saturated rings. The van der Waals surface area contributed by atoms with Crippen molar-refractivity contribution in [3.05, 3.63) is 71.9 Å². The topological polar surface area (TPSA) is 72.5 Å². The Balaban J connectivity index is 1.76. The van der Waals surface area contributed by atoms with Crippen LogP contribution in [-0.4, -0.2) is 25.1 Å². The van der Waals surface area contributed by atoms with Gasteiger partial charge in [0.15, 0.2) is 0 Å². The van der Waals surface area contributed by atoms with Crippen LogP contribution < -0.4 is 20.1 Å². The summed E-state index contributed by atoms with van der Waals surface area (Å²) in [6.45, 7) is 4.30. The molecular weight excluding hydrogens is 366 g/mol. The maximum Gasteiger partial charge on any atom is 0.263 e. The van der Waals surface area contributed by atoms with E-state index in [2.05, 4.69) is 35.5 Å². The molecule has 0 bridgehead atoms. The normalized spacial score (nSPS) is 10.5. The number of anilines is 3. The molecule has 0 saturated heterocycles. The number of nitrogens with zero attached hydrogens (tertiary/aromatic N) is 1. The van der Waals surface area contributed by atoms with Crippen LogP contribution in [0.4, 0.5) is 17.2 Å². The molecule has 3 rings (SSSR count). The SMILES string of the molecule is COc1cccc(OC)c1C(=O)Nc1ccc(Nc2ccccc2C(C)C)nc1. The fourth-order valence-electron chi connectivity index (χ4n) is 3.06. The van der Waals surface area contributed by atoms with Gasteiger partial charge in [-0.25, -0.2) is 4.98 Å². The molecule has 1 aromatic heterocycles. The van der Waals surface area contributed by atoms with Gasteiger partial charge in [0.05, 0.1) is 26.1 Å². The van der Waals surface area contributed by atoms with E-state index in [4.69, 9.17) is 9.47 Å². The number of carbonyl (C=O) groups is 1. The highest BCUT2D eigenvalue weighted by atomic mass is 16.5. The summed E-state index contributed by atoms with van der Waals surface area (Å²) in [7, 11) is 3.03. The van der Waals surface area contributed by atoms with Crippen LogP contribution in [0.1, 0.15) is 35.7 Å². The number of hydrogen-bond donors (Lipinski definition) is 2. The first-order valence-corrected chi connectivity index (χ1v) is 9.37. The quantitative estimate of drug-likeness (QED) is 0.578. The highest BCUT2D eigenvalue weighted by Gasteiger charge is 2.18. The minimum atomic E-state index is -0.327. The minimum absolute atomic E-state index is 0.327. The molecule has 0 aliphatic carbocycles. The third kappa shape index (κ3) is 4.66. The van der Waals surface area contributed by atoms with Crippen LogP contribution in [0, 0.1) is 0 Å². The van der Waals surface area contributed by atoms with Crippen LogP contribution in [-0.2, 0) is 0 Å². The number of nitrogens with one attached hydrogen (secondary N) is 2. The molecule has 0 atom stereocenters. The number of para-hydroxylation sites is 1. The molecule has 150 valence electrons. The Hall–Kier alpha value is -3.54. The molecule has 0 saturated carbocycles. The van der Waals surface area contributed by atoms with Gasteiger partial charge in [-0.1, -0.05) is 38.1 Å². The van der Waals surface area contributed by atoms with Crippen LogP contribution >= 0.6 is 0 Å². The average Bonchev–Trinajstić information content (AvgIpc) is 2.74. The Morgan fingerprint density at radius 3 is 2.21 bits per heavy atom. The van der Waals surface area contributed by atoms with E-state index in [1.54, 1.807) is 30.5 Å². The van der Waals surface area contributed by atoms with Gasteiger partial charge in [0.1, 0.15) is 22.9 Å². The maximum atomic E-state index is 12.8. The predicted octanol–water partition coefficient (Wildman–Crippen LogP) is 5.22. The Morgan fingerprint density at radius 2 is 1.62 bits per heavy atom. The molecule has 3 aromatic rings. The number of aromatic nitrogens is 1. The van der Waals surface area contributed by atoms with Crippen molar-refractivity contribution in [1.82, 2.24) is 4.98 Å². The highest BCUT2D eigenvalue weighted by molar-refractivity contribution is 6.08. The molecule has 2 aromatic carbocycles. The Morgan fingerprint density at radius 1 is 0.931 bits per heavy atom. The Labute approximate surface area is 170 Å². The summed E-state index contributed by atoms with van der Waals surface area (Å²) in [6.07, 6.45) is 1.61. The van der Waals surface area contributed by atoms with Crippen molar-refractivity contribution in [2.75, 3.05) is 24.9 Å². The zero-order valence-electron chi connectivity index (χ0n) is 17.0. The van der Waals surface area contributed by atoms with Crippen molar-refractivity contribution in [3.63, 3.8) is 0 Å². The van der Waals surface area contributed by atoms with Crippen LogP contribution in [0.25, 0.3) is 0 Å². The van der Waals surface area contributed by atoms with Gasteiger partial charge >= 0.3 is 0 Å². The smallest absolute Gasteiger partial charge is 0.263 e. The molecule has 6 heteroatoms. The summed E-state index contributed by atoms with van der Waals surface area (Å²) in [6, 6.07) is 17.0. The Bertz CT molecular complexity index is 963. The van der Waals surface area contributed by atoms with Crippen molar-refractivity contribution in [2.45, 2.75) is 19.8 Å². The number of hydrogen-bond acceptors (Lipinski definition) is 5. The second-order valence-corrected chi connectivity index (χ2v) is 6.79. The number of ether oxygens (including phenoxy) is 2. The van der Waals surface area contributed by atoms with Crippen molar-refractivity contribution in [2.24, 2.45) is 0 Å². The highest BCUT2D eigenvalue weighted by Crippen LogP contribution is 2.29. The van der Waals surface area contributed by atoms with Gasteiger partial charge in [-0.3, -0.25) is 4.79 Å². The molecule has 0 unspecified atom stereocenters. The third-order valence-electron chi connectivity index (χ3n) is 4.52. The van der Waals surface area contributed by atoms with E-state index in [1.165, 1.54) is 19.8 Å². The van der Waals surface area contributed by atoms with E-state index in [9.17, 15) is 4.79 Å². The number of benzene rings is 2. The van der Waals surface area contributed by atoms with E-state index >= 15 is 0 Å². The molecule has 2 N–H and O–H groups in total. The number of rotatable bonds is 7. The summed E-state index contributed by atoms with van der Waals surface area (Å²) < 4.78 is 10.6. The molecule has 0 aliphatic rings. The van der Waals surface area contributed by atoms with E-state index in [-0.39, 0.29) is 5.91 Å². The standard InChI is InChI=1S/C23H25N3O3/c1-15(2)17-8-5-6-9-18(17)26-21-13-12-16(14-24-21)25-23(27)22-19(28-3)10-7-11-20(22)29-4/h5-15H,1-4H3,(H,24,26)(H,25,27). The summed E-state index contributed by atoms with van der Waals surface area (Å²) >= 11 is 0. The third-order valence-corrected chi connectivity index (χ3v) is 4.52. The van der Waals surface area contributed by atoms with Gasteiger partial charge in [-0.05, 0) is 41.8 Å². The Kier molecular flexibility index (Phi) is 6.34. The summed E-state index contributed by atoms with van der Waals surface area (Å²) in [4.78, 5) is 17.2. The summed E-state index contributed by atoms with van der Waals surface area (Å²) in [5.41, 5.74) is 3.15. The van der Waals surface area contributed by atoms with E-state index < -0.39 is 0 Å². The first-order chi connectivity index (χ1) is 14.0. The molecule has 1 amide bonds. The minimum Gasteiger partial charge on any atom is -0.496 e. The van der Waals surface area contributed by atoms with Crippen molar-refractivity contribution in [3.8, 4) is 11.5 Å². The van der Waals surface area contributed by atoms with E-state index in [1.807, 2.05) is 24.3 Å². The maximum absolute atomic E-state index is 12.8. The van der Waals surface area contributed by atoms with Gasteiger partial charge < -0.3 is 20.1 Å². The average molecular weight is 391 g/mol. The monoisotopic (exact) mass is 391 g/mol. The lowest BCUT2D eigenvalue weighted by Gasteiger charge is -2.15. The van der Waals surface area contributed by atoms with Crippen LogP contribution in [0.3, 0.4) is 0 Å². The molecular formula is C23H25N3O3. The second-order valence-electron chi connectivity index (χ2n) is 6.79. The van der Waals surface area contributed by atoms with Gasteiger partial charge in [-0.2, -0.15) is 0 Å². The van der Waals surface area contributed by atoms with E-state index in [0.717, 1.165) is 5.69 Å². The first-order valence-electron chi connectivity index (χ1n) is 9.37. The van der Waals surface area contributed by atoms with Crippen molar-refractivity contribution >= 4 is 23.1 Å². The molecule has 0 spiro atoms. The fourth-order valence-corrected chi connectivity index (χ4v) is 3.06. The number of amides is 1. The van der Waals surface area contributed by atoms with Gasteiger partial charge in [0.2, 0.25) is 0 Å². The van der Waals surface area contributed by atoms with Gasteiger partial charge in [0.25, 0.3) is 5.91 Å². The van der Waals surface area contributed by atoms with Crippen LogP contribution in [0.15, 0.2) is 60.8 Å².